The van der Waals surface area contributed by atoms with Crippen molar-refractivity contribution >= 4 is 15.9 Å². The van der Waals surface area contributed by atoms with Crippen LogP contribution in [-0.2, 0) is 0 Å². The molecule has 1 heterocycles. The van der Waals surface area contributed by atoms with E-state index in [0.717, 1.165) is 13.0 Å². The molecule has 1 saturated heterocycles. The second-order valence-electron chi connectivity index (χ2n) is 3.90. The van der Waals surface area contributed by atoms with E-state index in [1.807, 2.05) is 0 Å². The van der Waals surface area contributed by atoms with Crippen molar-refractivity contribution in [1.29, 1.82) is 0 Å². The number of β-amino-alcohol motifs (C(OH)–C–C–N with tert-alkyl or cyclic N) is 2. The van der Waals surface area contributed by atoms with Gasteiger partial charge in [-0.3, -0.25) is 4.90 Å². The third kappa shape index (κ3) is 3.54. The molecule has 0 aromatic carbocycles. The van der Waals surface area contributed by atoms with E-state index in [1.54, 1.807) is 0 Å². The molecule has 0 aromatic heterocycles. The summed E-state index contributed by atoms with van der Waals surface area (Å²) >= 11 is 3.23. The van der Waals surface area contributed by atoms with Crippen LogP contribution in [0.1, 0.15) is 13.3 Å². The molecular formula is C9H18BrNO2. The lowest BCUT2D eigenvalue weighted by atomic mass is 9.96. The van der Waals surface area contributed by atoms with E-state index in [9.17, 15) is 10.2 Å². The number of piperidine rings is 1. The number of halogens is 1. The molecule has 78 valence electrons. The zero-order valence-electron chi connectivity index (χ0n) is 7.99. The molecule has 1 aliphatic rings. The summed E-state index contributed by atoms with van der Waals surface area (Å²) in [5, 5.41) is 19.6. The van der Waals surface area contributed by atoms with Crippen molar-refractivity contribution in [3.63, 3.8) is 0 Å². The van der Waals surface area contributed by atoms with Gasteiger partial charge in [-0.2, -0.15) is 0 Å². The zero-order chi connectivity index (χ0) is 9.84. The molecule has 0 aromatic rings. The Kier molecular flexibility index (Phi) is 4.66. The normalized spacial score (nSPS) is 33.2. The Labute approximate surface area is 87.9 Å². The molecule has 13 heavy (non-hydrogen) atoms. The fourth-order valence-corrected chi connectivity index (χ4v) is 1.83. The van der Waals surface area contributed by atoms with E-state index in [-0.39, 0.29) is 12.2 Å². The molecule has 3 atom stereocenters. The number of alkyl halides is 1. The molecule has 3 nitrogen and oxygen atoms in total. The van der Waals surface area contributed by atoms with Crippen molar-refractivity contribution in [2.24, 2.45) is 5.92 Å². The predicted molar refractivity (Wildman–Crippen MR) is 56.0 cm³/mol. The highest BCUT2D eigenvalue weighted by Gasteiger charge is 2.24. The monoisotopic (exact) mass is 251 g/mol. The van der Waals surface area contributed by atoms with Gasteiger partial charge in [-0.15, -0.1) is 0 Å². The molecule has 0 amide bonds. The minimum absolute atomic E-state index is 0.226. The van der Waals surface area contributed by atoms with E-state index in [1.165, 1.54) is 0 Å². The molecule has 1 rings (SSSR count). The van der Waals surface area contributed by atoms with Crippen LogP contribution in [0.3, 0.4) is 0 Å². The Morgan fingerprint density at radius 3 is 2.85 bits per heavy atom. The van der Waals surface area contributed by atoms with Crippen molar-refractivity contribution in [1.82, 2.24) is 4.90 Å². The Hall–Kier alpha value is 0.360. The smallest absolute Gasteiger partial charge is 0.0763 e. The van der Waals surface area contributed by atoms with Gasteiger partial charge < -0.3 is 10.2 Å². The van der Waals surface area contributed by atoms with Crippen LogP contribution in [0.2, 0.25) is 0 Å². The summed E-state index contributed by atoms with van der Waals surface area (Å²) in [6.45, 7) is 4.42. The van der Waals surface area contributed by atoms with Gasteiger partial charge in [-0.05, 0) is 18.9 Å². The molecule has 1 aliphatic heterocycles. The Bertz CT molecular complexity index is 155. The van der Waals surface area contributed by atoms with Crippen LogP contribution >= 0.6 is 15.9 Å². The molecule has 0 saturated carbocycles. The van der Waals surface area contributed by atoms with Gasteiger partial charge in [-0.1, -0.05) is 22.9 Å². The number of aliphatic hydroxyl groups is 2. The largest absolute Gasteiger partial charge is 0.392 e. The topological polar surface area (TPSA) is 43.7 Å². The summed E-state index contributed by atoms with van der Waals surface area (Å²) in [6, 6.07) is 0. The van der Waals surface area contributed by atoms with Gasteiger partial charge >= 0.3 is 0 Å². The van der Waals surface area contributed by atoms with Crippen molar-refractivity contribution in [2.75, 3.05) is 25.0 Å². The van der Waals surface area contributed by atoms with Crippen LogP contribution in [-0.4, -0.2) is 52.3 Å². The van der Waals surface area contributed by atoms with Crippen LogP contribution < -0.4 is 0 Å². The first kappa shape index (κ1) is 11.4. The van der Waals surface area contributed by atoms with Crippen molar-refractivity contribution in [3.8, 4) is 0 Å². The first-order valence-corrected chi connectivity index (χ1v) is 5.90. The third-order valence-electron chi connectivity index (χ3n) is 2.65. The maximum absolute atomic E-state index is 9.60. The van der Waals surface area contributed by atoms with E-state index < -0.39 is 0 Å². The molecule has 0 bridgehead atoms. The lowest BCUT2D eigenvalue weighted by Gasteiger charge is -2.35. The third-order valence-corrected chi connectivity index (χ3v) is 3.40. The molecule has 4 heteroatoms. The summed E-state index contributed by atoms with van der Waals surface area (Å²) in [7, 11) is 0. The van der Waals surface area contributed by atoms with Gasteiger partial charge in [0.25, 0.3) is 0 Å². The quantitative estimate of drug-likeness (QED) is 0.716. The van der Waals surface area contributed by atoms with Crippen LogP contribution in [0.4, 0.5) is 0 Å². The number of rotatable bonds is 3. The van der Waals surface area contributed by atoms with Crippen LogP contribution in [0, 0.1) is 5.92 Å². The first-order chi connectivity index (χ1) is 6.13. The Morgan fingerprint density at radius 1 is 1.62 bits per heavy atom. The zero-order valence-corrected chi connectivity index (χ0v) is 9.57. The predicted octanol–water partition coefficient (Wildman–Crippen LogP) is 0.445. The summed E-state index contributed by atoms with van der Waals surface area (Å²) < 4.78 is 0. The highest BCUT2D eigenvalue weighted by atomic mass is 79.9. The lowest BCUT2D eigenvalue weighted by Crippen LogP contribution is -2.46. The van der Waals surface area contributed by atoms with Gasteiger partial charge in [0.05, 0.1) is 12.2 Å². The average Bonchev–Trinajstić information content (AvgIpc) is 2.11. The lowest BCUT2D eigenvalue weighted by molar-refractivity contribution is 0.0128. The number of hydrogen-bond donors (Lipinski definition) is 2. The highest BCUT2D eigenvalue weighted by molar-refractivity contribution is 9.09. The van der Waals surface area contributed by atoms with Crippen LogP contribution in [0.25, 0.3) is 0 Å². The molecular weight excluding hydrogens is 234 g/mol. The molecule has 1 fully saturated rings. The first-order valence-electron chi connectivity index (χ1n) is 4.78. The second-order valence-corrected chi connectivity index (χ2v) is 4.55. The van der Waals surface area contributed by atoms with Gasteiger partial charge in [-0.25, -0.2) is 0 Å². The van der Waals surface area contributed by atoms with Crippen molar-refractivity contribution < 1.29 is 10.2 Å². The number of aliphatic hydroxyl groups excluding tert-OH is 2. The van der Waals surface area contributed by atoms with E-state index in [2.05, 4.69) is 27.8 Å². The highest BCUT2D eigenvalue weighted by Crippen LogP contribution is 2.16. The Morgan fingerprint density at radius 2 is 2.31 bits per heavy atom. The summed E-state index contributed by atoms with van der Waals surface area (Å²) in [4.78, 5) is 2.12. The maximum atomic E-state index is 9.60. The second kappa shape index (κ2) is 5.29. The summed E-state index contributed by atoms with van der Waals surface area (Å²) in [5.41, 5.74) is 0. The van der Waals surface area contributed by atoms with Crippen molar-refractivity contribution in [2.45, 2.75) is 25.6 Å². The average molecular weight is 252 g/mol. The van der Waals surface area contributed by atoms with Gasteiger partial charge in [0, 0.05) is 18.4 Å². The fourth-order valence-electron chi connectivity index (χ4n) is 1.63. The summed E-state index contributed by atoms with van der Waals surface area (Å²) in [5.74, 6) is 0.400. The molecule has 3 unspecified atom stereocenters. The minimum Gasteiger partial charge on any atom is -0.392 e. The number of hydrogen-bond acceptors (Lipinski definition) is 3. The van der Waals surface area contributed by atoms with Gasteiger partial charge in [0.2, 0.25) is 0 Å². The van der Waals surface area contributed by atoms with E-state index in [4.69, 9.17) is 0 Å². The number of nitrogens with zero attached hydrogens (tertiary/aromatic N) is 1. The molecule has 2 N–H and O–H groups in total. The fraction of sp³-hybridized carbons (Fsp3) is 1.00. The number of likely N-dealkylation sites (tertiary alicyclic amines) is 1. The van der Waals surface area contributed by atoms with Gasteiger partial charge in [0.1, 0.15) is 0 Å². The maximum Gasteiger partial charge on any atom is 0.0763 e. The van der Waals surface area contributed by atoms with Crippen LogP contribution in [0.5, 0.6) is 0 Å². The molecule has 0 spiro atoms. The SMILES string of the molecule is CC1CCN(CC(O)CBr)CC1O. The van der Waals surface area contributed by atoms with Crippen LogP contribution in [0.15, 0.2) is 0 Å². The van der Waals surface area contributed by atoms with E-state index >= 15 is 0 Å². The minimum atomic E-state index is -0.319. The molecule has 0 aliphatic carbocycles. The standard InChI is InChI=1S/C9H18BrNO2/c1-7-2-3-11(6-9(7)13)5-8(12)4-10/h7-9,12-13H,2-6H2,1H3. The van der Waals surface area contributed by atoms with Crippen molar-refractivity contribution in [3.05, 3.63) is 0 Å². The van der Waals surface area contributed by atoms with Gasteiger partial charge in [0.15, 0.2) is 0 Å². The van der Waals surface area contributed by atoms with E-state index in [0.29, 0.717) is 24.3 Å². The Balaban J connectivity index is 2.29. The summed E-state index contributed by atoms with van der Waals surface area (Å²) in [6.07, 6.45) is 0.479. The molecule has 0 radical (unpaired) electrons.